The van der Waals surface area contributed by atoms with Crippen molar-refractivity contribution in [1.82, 2.24) is 5.43 Å². The molecule has 1 rings (SSSR count). The number of thiocarbonyl (C=S) groups is 1. The van der Waals surface area contributed by atoms with Crippen LogP contribution < -0.4 is 16.6 Å². The molecular formula is C8H8N4O4S. The second kappa shape index (κ2) is 5.18. The van der Waals surface area contributed by atoms with Crippen molar-refractivity contribution in [2.75, 3.05) is 5.32 Å². The van der Waals surface area contributed by atoms with Crippen molar-refractivity contribution in [1.29, 1.82) is 0 Å². The van der Waals surface area contributed by atoms with Crippen molar-refractivity contribution < 1.29 is 14.8 Å². The second-order valence-electron chi connectivity index (χ2n) is 2.89. The number of carboxylic acid groups (broad SMARTS) is 1. The van der Waals surface area contributed by atoms with Gasteiger partial charge in [0.2, 0.25) is 0 Å². The van der Waals surface area contributed by atoms with Crippen LogP contribution in [0.4, 0.5) is 11.4 Å². The highest BCUT2D eigenvalue weighted by Gasteiger charge is 2.20. The summed E-state index contributed by atoms with van der Waals surface area (Å²) in [4.78, 5) is 20.6. The second-order valence-corrected chi connectivity index (χ2v) is 3.30. The fraction of sp³-hybridized carbons (Fsp3) is 0. The number of nitro benzene ring substituents is 1. The van der Waals surface area contributed by atoms with E-state index in [4.69, 9.17) is 23.2 Å². The average molecular weight is 256 g/mol. The Hall–Kier alpha value is -2.26. The summed E-state index contributed by atoms with van der Waals surface area (Å²) in [5.74, 6) is 3.64. The molecule has 0 saturated heterocycles. The topological polar surface area (TPSA) is 131 Å². The first-order valence-electron chi connectivity index (χ1n) is 4.25. The molecule has 0 amide bonds. The number of rotatable bonds is 3. The molecule has 9 heteroatoms. The molecule has 0 radical (unpaired) electrons. The number of anilines is 1. The molecule has 0 unspecified atom stereocenters. The molecule has 0 aliphatic carbocycles. The number of aromatic carboxylic acids is 1. The van der Waals surface area contributed by atoms with E-state index in [1.54, 1.807) is 0 Å². The van der Waals surface area contributed by atoms with Crippen molar-refractivity contribution in [3.8, 4) is 0 Å². The van der Waals surface area contributed by atoms with Gasteiger partial charge in [-0.2, -0.15) is 0 Å². The van der Waals surface area contributed by atoms with E-state index >= 15 is 0 Å². The van der Waals surface area contributed by atoms with E-state index in [1.165, 1.54) is 6.07 Å². The monoisotopic (exact) mass is 256 g/mol. The fourth-order valence-electron chi connectivity index (χ4n) is 1.11. The first-order chi connectivity index (χ1) is 7.95. The smallest absolute Gasteiger partial charge is 0.342 e. The zero-order valence-corrected chi connectivity index (χ0v) is 9.15. The molecule has 0 aliphatic rings. The van der Waals surface area contributed by atoms with Crippen LogP contribution in [-0.2, 0) is 0 Å². The van der Waals surface area contributed by atoms with Gasteiger partial charge in [-0.3, -0.25) is 10.1 Å². The quantitative estimate of drug-likeness (QED) is 0.265. The van der Waals surface area contributed by atoms with Crippen LogP contribution in [0, 0.1) is 10.1 Å². The molecule has 1 aromatic rings. The van der Waals surface area contributed by atoms with Crippen LogP contribution in [0.25, 0.3) is 0 Å². The van der Waals surface area contributed by atoms with Gasteiger partial charge in [-0.1, -0.05) is 0 Å². The molecule has 5 N–H and O–H groups in total. The zero-order chi connectivity index (χ0) is 13.0. The molecule has 17 heavy (non-hydrogen) atoms. The standard InChI is InChI=1S/C8H8N4O4S/c9-11-8(17)10-4-1-2-5(7(13)14)6(3-4)12(15)16/h1-3H,9H2,(H,13,14)(H2,10,11,17). The van der Waals surface area contributed by atoms with Gasteiger partial charge in [0.15, 0.2) is 5.11 Å². The van der Waals surface area contributed by atoms with E-state index in [9.17, 15) is 14.9 Å². The first-order valence-corrected chi connectivity index (χ1v) is 4.66. The maximum atomic E-state index is 10.7. The Bertz CT molecular complexity index is 490. The highest BCUT2D eigenvalue weighted by Crippen LogP contribution is 2.23. The molecular weight excluding hydrogens is 248 g/mol. The van der Waals surface area contributed by atoms with Gasteiger partial charge in [0.05, 0.1) is 4.92 Å². The summed E-state index contributed by atoms with van der Waals surface area (Å²) in [6.45, 7) is 0. The molecule has 0 aliphatic heterocycles. The first kappa shape index (κ1) is 12.8. The van der Waals surface area contributed by atoms with Crippen LogP contribution >= 0.6 is 12.2 Å². The van der Waals surface area contributed by atoms with Crippen LogP contribution in [0.15, 0.2) is 18.2 Å². The highest BCUT2D eigenvalue weighted by atomic mass is 32.1. The van der Waals surface area contributed by atoms with E-state index in [0.29, 0.717) is 0 Å². The van der Waals surface area contributed by atoms with E-state index < -0.39 is 22.1 Å². The number of hydrogen-bond donors (Lipinski definition) is 4. The lowest BCUT2D eigenvalue weighted by Gasteiger charge is -2.07. The van der Waals surface area contributed by atoms with Crippen LogP contribution in [0.2, 0.25) is 0 Å². The number of benzene rings is 1. The summed E-state index contributed by atoms with van der Waals surface area (Å²) in [5, 5.41) is 22.0. The maximum absolute atomic E-state index is 10.7. The lowest BCUT2D eigenvalue weighted by Crippen LogP contribution is -2.34. The highest BCUT2D eigenvalue weighted by molar-refractivity contribution is 7.80. The van der Waals surface area contributed by atoms with Crippen LogP contribution in [-0.4, -0.2) is 21.1 Å². The molecule has 0 bridgehead atoms. The summed E-state index contributed by atoms with van der Waals surface area (Å²) in [7, 11) is 0. The lowest BCUT2D eigenvalue weighted by atomic mass is 10.1. The predicted octanol–water partition coefficient (Wildman–Crippen LogP) is 0.453. The number of carbonyl (C=O) groups is 1. The van der Waals surface area contributed by atoms with Crippen LogP contribution in [0.3, 0.4) is 0 Å². The van der Waals surface area contributed by atoms with Gasteiger partial charge in [0, 0.05) is 11.8 Å². The molecule has 0 heterocycles. The molecule has 0 fully saturated rings. The van der Waals surface area contributed by atoms with Crippen molar-refractivity contribution in [2.45, 2.75) is 0 Å². The molecule has 0 aromatic heterocycles. The van der Waals surface area contributed by atoms with Crippen molar-refractivity contribution in [3.05, 3.63) is 33.9 Å². The van der Waals surface area contributed by atoms with Crippen LogP contribution in [0.5, 0.6) is 0 Å². The third-order valence-corrected chi connectivity index (χ3v) is 2.03. The number of hydrogen-bond acceptors (Lipinski definition) is 5. The van der Waals surface area contributed by atoms with Gasteiger partial charge in [0.25, 0.3) is 5.69 Å². The van der Waals surface area contributed by atoms with E-state index in [0.717, 1.165) is 12.1 Å². The summed E-state index contributed by atoms with van der Waals surface area (Å²) in [6.07, 6.45) is 0. The summed E-state index contributed by atoms with van der Waals surface area (Å²) in [6, 6.07) is 3.52. The normalized spacial score (nSPS) is 9.47. The minimum Gasteiger partial charge on any atom is -0.477 e. The van der Waals surface area contributed by atoms with E-state index in [2.05, 4.69) is 10.7 Å². The SMILES string of the molecule is NNC(=S)Nc1ccc(C(=O)O)c([N+](=O)[O-])c1. The van der Waals surface area contributed by atoms with Crippen molar-refractivity contribution >= 4 is 34.7 Å². The number of hydrazine groups is 1. The predicted molar refractivity (Wildman–Crippen MR) is 63.6 cm³/mol. The van der Waals surface area contributed by atoms with Gasteiger partial charge in [-0.25, -0.2) is 10.6 Å². The third-order valence-electron chi connectivity index (χ3n) is 1.81. The van der Waals surface area contributed by atoms with Crippen molar-refractivity contribution in [2.24, 2.45) is 5.84 Å². The largest absolute Gasteiger partial charge is 0.477 e. The average Bonchev–Trinajstić information content (AvgIpc) is 2.28. The lowest BCUT2D eigenvalue weighted by molar-refractivity contribution is -0.385. The number of carboxylic acids is 1. The molecule has 0 spiro atoms. The molecule has 8 nitrogen and oxygen atoms in total. The van der Waals surface area contributed by atoms with Gasteiger partial charge >= 0.3 is 5.97 Å². The molecule has 0 saturated carbocycles. The number of nitrogens with two attached hydrogens (primary N) is 1. The maximum Gasteiger partial charge on any atom is 0.342 e. The fourth-order valence-corrected chi connectivity index (χ4v) is 1.23. The van der Waals surface area contributed by atoms with Gasteiger partial charge in [0.1, 0.15) is 5.56 Å². The third kappa shape index (κ3) is 3.09. The van der Waals surface area contributed by atoms with Gasteiger partial charge in [-0.15, -0.1) is 0 Å². The summed E-state index contributed by atoms with van der Waals surface area (Å²) in [5.41, 5.74) is 1.48. The number of nitro groups is 1. The minimum atomic E-state index is -1.37. The Morgan fingerprint density at radius 2 is 2.18 bits per heavy atom. The summed E-state index contributed by atoms with van der Waals surface area (Å²) < 4.78 is 0. The number of nitrogens with zero attached hydrogens (tertiary/aromatic N) is 1. The van der Waals surface area contributed by atoms with Gasteiger partial charge in [-0.05, 0) is 24.4 Å². The van der Waals surface area contributed by atoms with Gasteiger partial charge < -0.3 is 15.8 Å². The van der Waals surface area contributed by atoms with Crippen molar-refractivity contribution in [3.63, 3.8) is 0 Å². The molecule has 0 atom stereocenters. The number of nitrogens with one attached hydrogen (secondary N) is 2. The summed E-state index contributed by atoms with van der Waals surface area (Å²) >= 11 is 4.70. The zero-order valence-electron chi connectivity index (χ0n) is 8.34. The van der Waals surface area contributed by atoms with Crippen LogP contribution in [0.1, 0.15) is 10.4 Å². The Balaban J connectivity index is 3.14. The molecule has 1 aromatic carbocycles. The molecule has 90 valence electrons. The minimum absolute atomic E-state index is 0.0578. The Labute approximate surface area is 101 Å². The Morgan fingerprint density at radius 1 is 1.53 bits per heavy atom. The Kier molecular flexibility index (Phi) is 3.91. The Morgan fingerprint density at radius 3 is 2.65 bits per heavy atom. The van der Waals surface area contributed by atoms with E-state index in [-0.39, 0.29) is 10.8 Å². The van der Waals surface area contributed by atoms with E-state index in [1.807, 2.05) is 0 Å².